The molecule has 0 radical (unpaired) electrons. The van der Waals surface area contributed by atoms with Gasteiger partial charge in [-0.3, -0.25) is 9.36 Å². The summed E-state index contributed by atoms with van der Waals surface area (Å²) < 4.78 is 6.38. The maximum absolute atomic E-state index is 12.7. The third kappa shape index (κ3) is 2.46. The number of carbonyl (C=O) groups is 1. The number of allylic oxidation sites excluding steroid dienone is 1. The van der Waals surface area contributed by atoms with Gasteiger partial charge in [-0.15, -0.1) is 0 Å². The molecular weight excluding hydrogens is 298 g/mol. The first-order valence-electron chi connectivity index (χ1n) is 6.95. The van der Waals surface area contributed by atoms with E-state index in [9.17, 15) is 14.7 Å². The number of carboxylic acid groups (broad SMARTS) is 1. The van der Waals surface area contributed by atoms with Gasteiger partial charge in [0.25, 0.3) is 5.56 Å². The van der Waals surface area contributed by atoms with Crippen molar-refractivity contribution in [1.29, 1.82) is 0 Å². The molecule has 1 aliphatic rings. The van der Waals surface area contributed by atoms with E-state index in [0.29, 0.717) is 5.56 Å². The topological polar surface area (TPSA) is 93.5 Å². The number of rotatable bonds is 3. The van der Waals surface area contributed by atoms with E-state index in [2.05, 4.69) is 10.3 Å². The monoisotopic (exact) mass is 313 g/mol. The second kappa shape index (κ2) is 5.60. The fourth-order valence-electron chi connectivity index (χ4n) is 2.63. The van der Waals surface area contributed by atoms with Crippen molar-refractivity contribution in [2.75, 3.05) is 12.4 Å². The van der Waals surface area contributed by atoms with Crippen molar-refractivity contribution >= 4 is 11.8 Å². The number of ether oxygens (including phenoxy) is 1. The highest BCUT2D eigenvalue weighted by atomic mass is 16.5. The van der Waals surface area contributed by atoms with E-state index in [-0.39, 0.29) is 23.1 Å². The van der Waals surface area contributed by atoms with Crippen molar-refractivity contribution in [3.05, 3.63) is 63.6 Å². The summed E-state index contributed by atoms with van der Waals surface area (Å²) in [6, 6.07) is 9.34. The molecule has 1 aliphatic heterocycles. The molecule has 0 amide bonds. The number of aliphatic carboxylic acids is 1. The van der Waals surface area contributed by atoms with Gasteiger partial charge in [0.05, 0.1) is 12.7 Å². The lowest BCUT2D eigenvalue weighted by molar-refractivity contribution is -0.132. The Morgan fingerprint density at radius 1 is 1.35 bits per heavy atom. The molecule has 1 atom stereocenters. The van der Waals surface area contributed by atoms with Crippen LogP contribution in [0, 0.1) is 0 Å². The Morgan fingerprint density at radius 2 is 2.04 bits per heavy atom. The van der Waals surface area contributed by atoms with Gasteiger partial charge in [0, 0.05) is 13.0 Å². The number of fused-ring (bicyclic) bond motifs is 1. The zero-order valence-corrected chi connectivity index (χ0v) is 12.6. The van der Waals surface area contributed by atoms with Crippen molar-refractivity contribution < 1.29 is 14.6 Å². The quantitative estimate of drug-likeness (QED) is 0.887. The number of anilines is 1. The van der Waals surface area contributed by atoms with E-state index in [4.69, 9.17) is 4.74 Å². The number of nitrogens with one attached hydrogen (secondary N) is 1. The summed E-state index contributed by atoms with van der Waals surface area (Å²) in [7, 11) is 2.96. The molecule has 1 aromatic heterocycles. The number of methoxy groups -OCH3 is 1. The largest absolute Gasteiger partial charge is 0.477 e. The average molecular weight is 313 g/mol. The minimum Gasteiger partial charge on any atom is -0.477 e. The molecule has 7 heteroatoms. The maximum atomic E-state index is 12.7. The summed E-state index contributed by atoms with van der Waals surface area (Å²) in [6.07, 6.45) is 1.52. The summed E-state index contributed by atoms with van der Waals surface area (Å²) in [5.74, 6) is -1.40. The summed E-state index contributed by atoms with van der Waals surface area (Å²) >= 11 is 0. The first-order chi connectivity index (χ1) is 11.0. The highest BCUT2D eigenvalue weighted by Gasteiger charge is 2.30. The first kappa shape index (κ1) is 14.8. The van der Waals surface area contributed by atoms with Crippen LogP contribution in [-0.4, -0.2) is 27.7 Å². The number of nitrogens with zero attached hydrogens (tertiary/aromatic N) is 2. The van der Waals surface area contributed by atoms with Crippen molar-refractivity contribution in [2.45, 2.75) is 5.92 Å². The normalized spacial score (nSPS) is 16.1. The van der Waals surface area contributed by atoms with Gasteiger partial charge in [-0.05, 0) is 11.6 Å². The molecule has 1 unspecified atom stereocenters. The van der Waals surface area contributed by atoms with Gasteiger partial charge in [0.1, 0.15) is 11.5 Å². The third-order valence-electron chi connectivity index (χ3n) is 3.75. The average Bonchev–Trinajstić information content (AvgIpc) is 2.57. The van der Waals surface area contributed by atoms with E-state index in [1.807, 2.05) is 30.3 Å². The standard InChI is InChI=1S/C16H15N3O4/c1-19-14(20)12-10(9-6-4-3-5-7-9)8-11(15(21)22)17-13(12)18-16(19)23-2/h3-8,10,17H,1-2H3,(H,21,22). The molecule has 0 aliphatic carbocycles. The first-order valence-corrected chi connectivity index (χ1v) is 6.95. The lowest BCUT2D eigenvalue weighted by Gasteiger charge is -2.24. The Kier molecular flexibility index (Phi) is 3.61. The number of aromatic nitrogens is 2. The lowest BCUT2D eigenvalue weighted by Crippen LogP contribution is -2.31. The van der Waals surface area contributed by atoms with Gasteiger partial charge in [0.2, 0.25) is 0 Å². The van der Waals surface area contributed by atoms with Gasteiger partial charge in [0.15, 0.2) is 0 Å². The fraction of sp³-hybridized carbons (Fsp3) is 0.188. The van der Waals surface area contributed by atoms with Gasteiger partial charge < -0.3 is 15.2 Å². The van der Waals surface area contributed by atoms with Gasteiger partial charge >= 0.3 is 12.0 Å². The predicted octanol–water partition coefficient (Wildman–Crippen LogP) is 1.31. The van der Waals surface area contributed by atoms with Crippen LogP contribution in [-0.2, 0) is 11.8 Å². The molecule has 2 N–H and O–H groups in total. The van der Waals surface area contributed by atoms with Gasteiger partial charge in [-0.25, -0.2) is 4.79 Å². The van der Waals surface area contributed by atoms with E-state index in [1.165, 1.54) is 17.8 Å². The fourth-order valence-corrected chi connectivity index (χ4v) is 2.63. The summed E-state index contributed by atoms with van der Waals surface area (Å²) in [5.41, 5.74) is 0.908. The van der Waals surface area contributed by atoms with E-state index >= 15 is 0 Å². The Balaban J connectivity index is 2.27. The molecule has 118 valence electrons. The summed E-state index contributed by atoms with van der Waals surface area (Å²) in [5, 5.41) is 12.0. The van der Waals surface area contributed by atoms with Crippen LogP contribution in [0.15, 0.2) is 46.9 Å². The SMILES string of the molecule is COc1nc2c(c(=O)n1C)C(c1ccccc1)C=C(C(=O)O)N2. The lowest BCUT2D eigenvalue weighted by atomic mass is 9.89. The molecular formula is C16H15N3O4. The Bertz CT molecular complexity index is 856. The summed E-state index contributed by atoms with van der Waals surface area (Å²) in [6.45, 7) is 0. The third-order valence-corrected chi connectivity index (χ3v) is 3.75. The van der Waals surface area contributed by atoms with E-state index in [0.717, 1.165) is 5.56 Å². The molecule has 1 aromatic carbocycles. The Labute approximate surface area is 131 Å². The van der Waals surface area contributed by atoms with E-state index in [1.54, 1.807) is 7.05 Å². The molecule has 2 heterocycles. The minimum atomic E-state index is -1.11. The maximum Gasteiger partial charge on any atom is 0.352 e. The van der Waals surface area contributed by atoms with Crippen LogP contribution >= 0.6 is 0 Å². The molecule has 0 fully saturated rings. The Hall–Kier alpha value is -3.09. The smallest absolute Gasteiger partial charge is 0.352 e. The van der Waals surface area contributed by atoms with Crippen LogP contribution in [0.25, 0.3) is 0 Å². The molecule has 0 spiro atoms. The number of hydrogen-bond acceptors (Lipinski definition) is 5. The van der Waals surface area contributed by atoms with Crippen LogP contribution < -0.4 is 15.6 Å². The zero-order chi connectivity index (χ0) is 16.6. The predicted molar refractivity (Wildman–Crippen MR) is 83.7 cm³/mol. The summed E-state index contributed by atoms with van der Waals surface area (Å²) in [4.78, 5) is 28.3. The van der Waals surface area contributed by atoms with Crippen LogP contribution in [0.2, 0.25) is 0 Å². The molecule has 7 nitrogen and oxygen atoms in total. The molecule has 0 bridgehead atoms. The van der Waals surface area contributed by atoms with Crippen molar-refractivity contribution in [3.63, 3.8) is 0 Å². The van der Waals surface area contributed by atoms with Crippen molar-refractivity contribution in [3.8, 4) is 6.01 Å². The van der Waals surface area contributed by atoms with Crippen molar-refractivity contribution in [2.24, 2.45) is 7.05 Å². The van der Waals surface area contributed by atoms with Crippen LogP contribution in [0.3, 0.4) is 0 Å². The van der Waals surface area contributed by atoms with Gasteiger partial charge in [-0.2, -0.15) is 4.98 Å². The van der Waals surface area contributed by atoms with Crippen LogP contribution in [0.5, 0.6) is 6.01 Å². The van der Waals surface area contributed by atoms with Gasteiger partial charge in [-0.1, -0.05) is 30.3 Å². The second-order valence-corrected chi connectivity index (χ2v) is 5.12. The van der Waals surface area contributed by atoms with E-state index < -0.39 is 11.9 Å². The molecule has 23 heavy (non-hydrogen) atoms. The highest BCUT2D eigenvalue weighted by molar-refractivity contribution is 5.91. The molecule has 0 saturated heterocycles. The molecule has 2 aromatic rings. The Morgan fingerprint density at radius 3 is 2.65 bits per heavy atom. The number of carboxylic acids is 1. The highest BCUT2D eigenvalue weighted by Crippen LogP contribution is 2.34. The number of benzene rings is 1. The minimum absolute atomic E-state index is 0.0193. The molecule has 3 rings (SSSR count). The number of hydrogen-bond donors (Lipinski definition) is 2. The van der Waals surface area contributed by atoms with Crippen molar-refractivity contribution in [1.82, 2.24) is 9.55 Å². The van der Waals surface area contributed by atoms with Crippen LogP contribution in [0.1, 0.15) is 17.0 Å². The zero-order valence-electron chi connectivity index (χ0n) is 12.6. The van der Waals surface area contributed by atoms with Crippen LogP contribution in [0.4, 0.5) is 5.82 Å². The molecule has 0 saturated carbocycles. The second-order valence-electron chi connectivity index (χ2n) is 5.12.